The van der Waals surface area contributed by atoms with E-state index in [1.165, 1.54) is 19.4 Å². The van der Waals surface area contributed by atoms with Crippen molar-refractivity contribution in [3.63, 3.8) is 0 Å². The van der Waals surface area contributed by atoms with Gasteiger partial charge in [0, 0.05) is 11.8 Å². The van der Waals surface area contributed by atoms with Gasteiger partial charge in [-0.2, -0.15) is 0 Å². The zero-order valence-corrected chi connectivity index (χ0v) is 9.57. The van der Waals surface area contributed by atoms with E-state index in [1.54, 1.807) is 0 Å². The number of hydrogen-bond acceptors (Lipinski definition) is 4. The van der Waals surface area contributed by atoms with E-state index in [0.717, 1.165) is 0 Å². The molecule has 4 nitrogen and oxygen atoms in total. The lowest BCUT2D eigenvalue weighted by molar-refractivity contribution is 0.0598. The molecule has 1 rings (SSSR count). The third-order valence-corrected chi connectivity index (χ3v) is 2.07. The Morgan fingerprint density at radius 2 is 2.24 bits per heavy atom. The van der Waals surface area contributed by atoms with Crippen LogP contribution in [0.5, 0.6) is 5.88 Å². The lowest BCUT2D eigenvalue weighted by atomic mass is 10.1. The summed E-state index contributed by atoms with van der Waals surface area (Å²) in [5, 5.41) is 0. The Bertz CT molecular complexity index is 396. The minimum Gasteiger partial charge on any atom is -0.471 e. The van der Waals surface area contributed by atoms with Gasteiger partial charge in [-0.15, -0.1) is 0 Å². The van der Waals surface area contributed by atoms with Crippen molar-refractivity contribution in [1.29, 1.82) is 0 Å². The molecule has 0 fully saturated rings. The van der Waals surface area contributed by atoms with Crippen molar-refractivity contribution in [3.8, 4) is 5.88 Å². The van der Waals surface area contributed by atoms with Gasteiger partial charge < -0.3 is 9.47 Å². The first kappa shape index (κ1) is 13.3. The van der Waals surface area contributed by atoms with Gasteiger partial charge in [0.25, 0.3) is 6.43 Å². The fraction of sp³-hybridized carbons (Fsp3) is 0.455. The van der Waals surface area contributed by atoms with Crippen LogP contribution >= 0.6 is 0 Å². The van der Waals surface area contributed by atoms with Crippen molar-refractivity contribution in [2.45, 2.75) is 19.8 Å². The highest BCUT2D eigenvalue weighted by Crippen LogP contribution is 2.18. The van der Waals surface area contributed by atoms with Crippen molar-refractivity contribution < 1.29 is 23.0 Å². The van der Waals surface area contributed by atoms with Crippen LogP contribution in [0, 0.1) is 0 Å². The fourth-order valence-electron chi connectivity index (χ4n) is 1.25. The first-order chi connectivity index (χ1) is 8.08. The maximum Gasteiger partial charge on any atom is 0.339 e. The van der Waals surface area contributed by atoms with Crippen LogP contribution in [0.25, 0.3) is 0 Å². The summed E-state index contributed by atoms with van der Waals surface area (Å²) >= 11 is 0. The number of rotatable bonds is 5. The predicted octanol–water partition coefficient (Wildman–Crippen LogP) is 2.07. The van der Waals surface area contributed by atoms with Crippen molar-refractivity contribution in [3.05, 3.63) is 23.4 Å². The largest absolute Gasteiger partial charge is 0.471 e. The Morgan fingerprint density at radius 1 is 1.53 bits per heavy atom. The van der Waals surface area contributed by atoms with Gasteiger partial charge in [-0.1, -0.05) is 6.92 Å². The molecule has 0 N–H and O–H groups in total. The molecule has 0 amide bonds. The predicted molar refractivity (Wildman–Crippen MR) is 56.5 cm³/mol. The van der Waals surface area contributed by atoms with E-state index in [9.17, 15) is 13.6 Å². The molecule has 0 spiro atoms. The first-order valence-corrected chi connectivity index (χ1v) is 5.06. The van der Waals surface area contributed by atoms with Gasteiger partial charge in [-0.3, -0.25) is 0 Å². The summed E-state index contributed by atoms with van der Waals surface area (Å²) in [6.07, 6.45) is -0.788. The standard InChI is InChI=1S/C11H13F2NO3/c1-3-7-4-8(11(15)16-2)5-14-10(7)17-6-9(12)13/h4-5,9H,3,6H2,1-2H3. The van der Waals surface area contributed by atoms with Crippen molar-refractivity contribution >= 4 is 5.97 Å². The summed E-state index contributed by atoms with van der Waals surface area (Å²) < 4.78 is 33.4. The second-order valence-corrected chi connectivity index (χ2v) is 3.24. The summed E-state index contributed by atoms with van der Waals surface area (Å²) in [7, 11) is 1.26. The molecule has 0 saturated heterocycles. The molecule has 0 atom stereocenters. The monoisotopic (exact) mass is 245 g/mol. The number of alkyl halides is 2. The summed E-state index contributed by atoms with van der Waals surface area (Å²) in [6, 6.07) is 1.53. The molecule has 0 aliphatic carbocycles. The Kier molecular flexibility index (Phi) is 4.81. The minimum absolute atomic E-state index is 0.125. The van der Waals surface area contributed by atoms with Gasteiger partial charge >= 0.3 is 5.97 Å². The van der Waals surface area contributed by atoms with E-state index in [1.807, 2.05) is 6.92 Å². The number of aromatic nitrogens is 1. The third kappa shape index (κ3) is 3.65. The fourth-order valence-corrected chi connectivity index (χ4v) is 1.25. The number of halogens is 2. The molecule has 0 aromatic carbocycles. The lowest BCUT2D eigenvalue weighted by Gasteiger charge is -2.09. The van der Waals surface area contributed by atoms with Gasteiger partial charge in [0.05, 0.1) is 12.7 Å². The van der Waals surface area contributed by atoms with Gasteiger partial charge in [-0.05, 0) is 12.5 Å². The molecule has 94 valence electrons. The maximum atomic E-state index is 12.0. The number of carbonyl (C=O) groups is 1. The van der Waals surface area contributed by atoms with E-state index in [0.29, 0.717) is 12.0 Å². The number of methoxy groups -OCH3 is 1. The van der Waals surface area contributed by atoms with Gasteiger partial charge in [0.1, 0.15) is 0 Å². The van der Waals surface area contributed by atoms with E-state index in [4.69, 9.17) is 4.74 Å². The molecule has 0 aliphatic rings. The number of carbonyl (C=O) groups excluding carboxylic acids is 1. The normalized spacial score (nSPS) is 10.4. The number of pyridine rings is 1. The van der Waals surface area contributed by atoms with Crippen LogP contribution in [0.1, 0.15) is 22.8 Å². The number of aryl methyl sites for hydroxylation is 1. The highest BCUT2D eigenvalue weighted by Gasteiger charge is 2.12. The van der Waals surface area contributed by atoms with Crippen molar-refractivity contribution in [2.24, 2.45) is 0 Å². The summed E-state index contributed by atoms with van der Waals surface area (Å²) in [5.41, 5.74) is 0.863. The highest BCUT2D eigenvalue weighted by molar-refractivity contribution is 5.89. The van der Waals surface area contributed by atoms with E-state index >= 15 is 0 Å². The average Bonchev–Trinajstić information content (AvgIpc) is 2.34. The van der Waals surface area contributed by atoms with Gasteiger partial charge in [-0.25, -0.2) is 18.6 Å². The Morgan fingerprint density at radius 3 is 2.76 bits per heavy atom. The van der Waals surface area contributed by atoms with E-state index in [2.05, 4.69) is 9.72 Å². The summed E-state index contributed by atoms with van der Waals surface area (Å²) in [6.45, 7) is 1.10. The molecule has 0 aliphatic heterocycles. The van der Waals surface area contributed by atoms with E-state index < -0.39 is 19.0 Å². The van der Waals surface area contributed by atoms with Crippen LogP contribution in [-0.4, -0.2) is 31.1 Å². The molecule has 0 unspecified atom stereocenters. The number of hydrogen-bond donors (Lipinski definition) is 0. The lowest BCUT2D eigenvalue weighted by Crippen LogP contribution is -2.11. The van der Waals surface area contributed by atoms with Crippen molar-refractivity contribution in [1.82, 2.24) is 4.98 Å². The highest BCUT2D eigenvalue weighted by atomic mass is 19.3. The number of nitrogens with zero attached hydrogens (tertiary/aromatic N) is 1. The number of esters is 1. The molecule has 0 bridgehead atoms. The van der Waals surface area contributed by atoms with E-state index in [-0.39, 0.29) is 11.4 Å². The summed E-state index contributed by atoms with van der Waals surface area (Å²) in [4.78, 5) is 15.1. The van der Waals surface area contributed by atoms with Crippen LogP contribution in [0.15, 0.2) is 12.3 Å². The Labute approximate surface area is 97.6 Å². The third-order valence-electron chi connectivity index (χ3n) is 2.07. The second kappa shape index (κ2) is 6.12. The molecule has 17 heavy (non-hydrogen) atoms. The van der Waals surface area contributed by atoms with Gasteiger partial charge in [0.2, 0.25) is 5.88 Å². The SMILES string of the molecule is CCc1cc(C(=O)OC)cnc1OCC(F)F. The zero-order valence-electron chi connectivity index (χ0n) is 9.57. The van der Waals surface area contributed by atoms with Crippen LogP contribution in [0.3, 0.4) is 0 Å². The quantitative estimate of drug-likeness (QED) is 0.745. The molecule has 0 radical (unpaired) electrons. The molecule has 0 saturated carbocycles. The molecule has 1 heterocycles. The average molecular weight is 245 g/mol. The van der Waals surface area contributed by atoms with Crippen LogP contribution in [0.4, 0.5) is 8.78 Å². The van der Waals surface area contributed by atoms with Crippen LogP contribution < -0.4 is 4.74 Å². The number of ether oxygens (including phenoxy) is 2. The minimum atomic E-state index is -2.55. The van der Waals surface area contributed by atoms with Crippen molar-refractivity contribution in [2.75, 3.05) is 13.7 Å². The van der Waals surface area contributed by atoms with Crippen LogP contribution in [0.2, 0.25) is 0 Å². The zero-order chi connectivity index (χ0) is 12.8. The topological polar surface area (TPSA) is 48.4 Å². The summed E-state index contributed by atoms with van der Waals surface area (Å²) in [5.74, 6) is -0.395. The van der Waals surface area contributed by atoms with Crippen LogP contribution in [-0.2, 0) is 11.2 Å². The Balaban J connectivity index is 2.89. The Hall–Kier alpha value is -1.72. The van der Waals surface area contributed by atoms with Gasteiger partial charge in [0.15, 0.2) is 6.61 Å². The molecule has 6 heteroatoms. The molecule has 1 aromatic rings. The maximum absolute atomic E-state index is 12.0. The molecular weight excluding hydrogens is 232 g/mol. The second-order valence-electron chi connectivity index (χ2n) is 3.24. The molecular formula is C11H13F2NO3. The molecule has 1 aromatic heterocycles. The first-order valence-electron chi connectivity index (χ1n) is 5.06. The smallest absolute Gasteiger partial charge is 0.339 e.